The zero-order valence-electron chi connectivity index (χ0n) is 18.3. The third-order valence-electron chi connectivity index (χ3n) is 5.46. The first-order valence-electron chi connectivity index (χ1n) is 10.5. The van der Waals surface area contributed by atoms with Crippen molar-refractivity contribution in [3.8, 4) is 5.75 Å². The molecule has 1 aliphatic rings. The van der Waals surface area contributed by atoms with E-state index in [9.17, 15) is 4.79 Å². The maximum atomic E-state index is 12.6. The Morgan fingerprint density at radius 3 is 2.03 bits per heavy atom. The Kier molecular flexibility index (Phi) is 7.99. The molecule has 0 aromatic heterocycles. The number of carbonyl (C=O) groups excluding carboxylic acids is 1. The molecule has 2 N–H and O–H groups in total. The molecule has 0 radical (unpaired) electrons. The number of methoxy groups -OCH3 is 1. The van der Waals surface area contributed by atoms with Gasteiger partial charge in [0.1, 0.15) is 5.75 Å². The van der Waals surface area contributed by atoms with E-state index in [2.05, 4.69) is 35.2 Å². The van der Waals surface area contributed by atoms with Crippen molar-refractivity contribution in [1.29, 1.82) is 0 Å². The first-order chi connectivity index (χ1) is 15.9. The van der Waals surface area contributed by atoms with Crippen molar-refractivity contribution >= 4 is 28.6 Å². The van der Waals surface area contributed by atoms with Crippen molar-refractivity contribution in [3.63, 3.8) is 0 Å². The lowest BCUT2D eigenvalue weighted by atomic mass is 10.0. The van der Waals surface area contributed by atoms with Gasteiger partial charge in [0, 0.05) is 43.9 Å². The molecule has 1 amide bonds. The summed E-state index contributed by atoms with van der Waals surface area (Å²) in [7, 11) is 1.73. The zero-order valence-corrected chi connectivity index (χ0v) is 18.3. The van der Waals surface area contributed by atoms with E-state index in [1.54, 1.807) is 7.11 Å². The second-order valence-corrected chi connectivity index (χ2v) is 7.51. The van der Waals surface area contributed by atoms with Crippen LogP contribution in [0.25, 0.3) is 10.8 Å². The fourth-order valence-electron chi connectivity index (χ4n) is 3.77. The van der Waals surface area contributed by atoms with Crippen LogP contribution in [0.1, 0.15) is 15.9 Å². The molecule has 1 heterocycles. The van der Waals surface area contributed by atoms with E-state index in [4.69, 9.17) is 24.5 Å². The maximum Gasteiger partial charge on any atom is 0.414 e. The zero-order chi connectivity index (χ0) is 23.8. The number of aliphatic carboxylic acids is 2. The second-order valence-electron chi connectivity index (χ2n) is 7.51. The van der Waals surface area contributed by atoms with Gasteiger partial charge < -0.3 is 19.8 Å². The Hall–Kier alpha value is -3.91. The molecule has 0 unspecified atom stereocenters. The van der Waals surface area contributed by atoms with Crippen LogP contribution in [0.4, 0.5) is 0 Å². The van der Waals surface area contributed by atoms with Gasteiger partial charge in [0.2, 0.25) is 0 Å². The van der Waals surface area contributed by atoms with Gasteiger partial charge in [-0.05, 0) is 29.0 Å². The Bertz CT molecular complexity index is 1110. The lowest BCUT2D eigenvalue weighted by Crippen LogP contribution is -2.48. The number of benzene rings is 3. The highest BCUT2D eigenvalue weighted by atomic mass is 16.5. The van der Waals surface area contributed by atoms with Gasteiger partial charge in [-0.15, -0.1) is 0 Å². The van der Waals surface area contributed by atoms with E-state index in [-0.39, 0.29) is 5.91 Å². The molecule has 3 aromatic carbocycles. The summed E-state index contributed by atoms with van der Waals surface area (Å²) in [5.41, 5.74) is 1.99. The molecule has 1 saturated heterocycles. The summed E-state index contributed by atoms with van der Waals surface area (Å²) >= 11 is 0. The fraction of sp³-hybridized carbons (Fsp3) is 0.240. The molecular weight excluding hydrogens is 424 g/mol. The molecule has 1 aliphatic heterocycles. The molecule has 0 bridgehead atoms. The van der Waals surface area contributed by atoms with Gasteiger partial charge in [-0.2, -0.15) is 0 Å². The molecule has 8 nitrogen and oxygen atoms in total. The number of carbonyl (C=O) groups is 3. The van der Waals surface area contributed by atoms with E-state index in [0.717, 1.165) is 44.0 Å². The van der Waals surface area contributed by atoms with Crippen LogP contribution in [0, 0.1) is 0 Å². The van der Waals surface area contributed by atoms with Crippen LogP contribution in [0.2, 0.25) is 0 Å². The third-order valence-corrected chi connectivity index (χ3v) is 5.46. The minimum absolute atomic E-state index is 0.123. The molecule has 0 saturated carbocycles. The van der Waals surface area contributed by atoms with Crippen LogP contribution in [0.3, 0.4) is 0 Å². The highest BCUT2D eigenvalue weighted by Gasteiger charge is 2.23. The summed E-state index contributed by atoms with van der Waals surface area (Å²) in [4.78, 5) is 35.2. The topological polar surface area (TPSA) is 107 Å². The number of nitrogens with zero attached hydrogens (tertiary/aromatic N) is 2. The molecule has 1 fully saturated rings. The minimum Gasteiger partial charge on any atom is -0.496 e. The van der Waals surface area contributed by atoms with Crippen LogP contribution in [0.15, 0.2) is 66.7 Å². The molecule has 3 aromatic rings. The van der Waals surface area contributed by atoms with Crippen LogP contribution in [-0.4, -0.2) is 71.1 Å². The van der Waals surface area contributed by atoms with E-state index in [1.165, 1.54) is 16.3 Å². The molecule has 0 aliphatic carbocycles. The summed E-state index contributed by atoms with van der Waals surface area (Å²) < 4.78 is 5.62. The number of rotatable bonds is 4. The Morgan fingerprint density at radius 1 is 0.818 bits per heavy atom. The molecule has 0 spiro atoms. The van der Waals surface area contributed by atoms with Crippen molar-refractivity contribution in [2.24, 2.45) is 0 Å². The van der Waals surface area contributed by atoms with Crippen LogP contribution < -0.4 is 4.74 Å². The SMILES string of the molecule is COc1ccc2ccccc2c1CN1CCN(C(=O)c2ccccc2)CC1.O=C(O)C(=O)O. The quantitative estimate of drug-likeness (QED) is 0.589. The van der Waals surface area contributed by atoms with Crippen molar-refractivity contribution < 1.29 is 29.3 Å². The molecule has 0 atom stereocenters. The number of hydrogen-bond donors (Lipinski definition) is 2. The summed E-state index contributed by atoms with van der Waals surface area (Å²) in [6, 6.07) is 22.1. The van der Waals surface area contributed by atoms with Crippen LogP contribution in [-0.2, 0) is 16.1 Å². The first kappa shape index (κ1) is 23.7. The van der Waals surface area contributed by atoms with Gasteiger partial charge in [-0.3, -0.25) is 9.69 Å². The fourth-order valence-corrected chi connectivity index (χ4v) is 3.77. The van der Waals surface area contributed by atoms with Gasteiger partial charge in [0.15, 0.2) is 0 Å². The van der Waals surface area contributed by atoms with Gasteiger partial charge in [0.05, 0.1) is 7.11 Å². The first-order valence-corrected chi connectivity index (χ1v) is 10.5. The van der Waals surface area contributed by atoms with Crippen molar-refractivity contribution in [2.75, 3.05) is 33.3 Å². The standard InChI is InChI=1S/C23H24N2O2.C2H2O4/c1-27-22-12-11-18-7-5-6-10-20(18)21(22)17-24-13-15-25(16-14-24)23(26)19-8-3-2-4-9-19;3-1(4)2(5)6/h2-12H,13-17H2,1H3;(H,3,4)(H,5,6). The van der Waals surface area contributed by atoms with Gasteiger partial charge in [0.25, 0.3) is 5.91 Å². The third kappa shape index (κ3) is 6.08. The van der Waals surface area contributed by atoms with E-state index in [1.807, 2.05) is 41.3 Å². The monoisotopic (exact) mass is 450 g/mol. The number of carboxylic acid groups (broad SMARTS) is 2. The molecule has 33 heavy (non-hydrogen) atoms. The number of ether oxygens (including phenoxy) is 1. The predicted octanol–water partition coefficient (Wildman–Crippen LogP) is 2.96. The normalized spacial score (nSPS) is 13.7. The van der Waals surface area contributed by atoms with E-state index < -0.39 is 11.9 Å². The largest absolute Gasteiger partial charge is 0.496 e. The predicted molar refractivity (Wildman–Crippen MR) is 123 cm³/mol. The Labute approximate surface area is 191 Å². The second kappa shape index (κ2) is 11.1. The number of carboxylic acids is 2. The van der Waals surface area contributed by atoms with Crippen LogP contribution >= 0.6 is 0 Å². The number of hydrogen-bond acceptors (Lipinski definition) is 5. The number of piperazine rings is 1. The lowest BCUT2D eigenvalue weighted by molar-refractivity contribution is -0.159. The summed E-state index contributed by atoms with van der Waals surface area (Å²) in [5, 5.41) is 17.2. The molecule has 8 heteroatoms. The summed E-state index contributed by atoms with van der Waals surface area (Å²) in [5.74, 6) is -2.60. The van der Waals surface area contributed by atoms with Crippen molar-refractivity contribution in [2.45, 2.75) is 6.54 Å². The number of fused-ring (bicyclic) bond motifs is 1. The molecule has 4 rings (SSSR count). The van der Waals surface area contributed by atoms with Gasteiger partial charge in [-0.1, -0.05) is 48.5 Å². The Balaban J connectivity index is 0.000000454. The summed E-state index contributed by atoms with van der Waals surface area (Å²) in [6.45, 7) is 4.06. The average Bonchev–Trinajstić information content (AvgIpc) is 2.85. The average molecular weight is 450 g/mol. The van der Waals surface area contributed by atoms with Gasteiger partial charge >= 0.3 is 11.9 Å². The lowest BCUT2D eigenvalue weighted by Gasteiger charge is -2.35. The Morgan fingerprint density at radius 2 is 1.42 bits per heavy atom. The van der Waals surface area contributed by atoms with Crippen LogP contribution in [0.5, 0.6) is 5.75 Å². The number of amides is 1. The van der Waals surface area contributed by atoms with E-state index in [0.29, 0.717) is 0 Å². The highest BCUT2D eigenvalue weighted by molar-refractivity contribution is 6.27. The maximum absolute atomic E-state index is 12.6. The summed E-state index contributed by atoms with van der Waals surface area (Å²) in [6.07, 6.45) is 0. The van der Waals surface area contributed by atoms with Gasteiger partial charge in [-0.25, -0.2) is 9.59 Å². The highest BCUT2D eigenvalue weighted by Crippen LogP contribution is 2.29. The molecular formula is C25H26N2O6. The smallest absolute Gasteiger partial charge is 0.414 e. The van der Waals surface area contributed by atoms with E-state index >= 15 is 0 Å². The minimum atomic E-state index is -1.82. The van der Waals surface area contributed by atoms with Crippen molar-refractivity contribution in [3.05, 3.63) is 77.9 Å². The van der Waals surface area contributed by atoms with Crippen molar-refractivity contribution in [1.82, 2.24) is 9.80 Å². The molecule has 172 valence electrons.